The van der Waals surface area contributed by atoms with Crippen LogP contribution in [0.3, 0.4) is 0 Å². The molecule has 134 valence electrons. The Morgan fingerprint density at radius 1 is 1.04 bits per heavy atom. The summed E-state index contributed by atoms with van der Waals surface area (Å²) in [5, 5.41) is 2.85. The molecule has 0 fully saturated rings. The molecule has 0 atom stereocenters. The quantitative estimate of drug-likeness (QED) is 0.856. The number of nitrogens with one attached hydrogen (secondary N) is 2. The average Bonchev–Trinajstić information content (AvgIpc) is 2.53. The summed E-state index contributed by atoms with van der Waals surface area (Å²) in [6, 6.07) is 13.6. The normalized spacial score (nSPS) is 12.0. The maximum absolute atomic E-state index is 12.5. The van der Waals surface area contributed by atoms with Crippen LogP contribution in [0.2, 0.25) is 0 Å². The van der Waals surface area contributed by atoms with E-state index >= 15 is 0 Å². The molecule has 0 aromatic heterocycles. The van der Waals surface area contributed by atoms with Gasteiger partial charge in [-0.1, -0.05) is 31.2 Å². The van der Waals surface area contributed by atoms with Gasteiger partial charge < -0.3 is 5.32 Å². The molecule has 0 aliphatic heterocycles. The van der Waals surface area contributed by atoms with Gasteiger partial charge in [0.15, 0.2) is 0 Å². The summed E-state index contributed by atoms with van der Waals surface area (Å²) in [6.45, 7) is 7.31. The van der Waals surface area contributed by atoms with Gasteiger partial charge in [-0.15, -0.1) is 0 Å². The van der Waals surface area contributed by atoms with Gasteiger partial charge in [0.1, 0.15) is 0 Å². The number of hydrogen-bond donors (Lipinski definition) is 2. The molecule has 1 amide bonds. The number of sulfonamides is 1. The monoisotopic (exact) mass is 360 g/mol. The Hall–Kier alpha value is -2.18. The van der Waals surface area contributed by atoms with Crippen LogP contribution >= 0.6 is 0 Å². The number of benzene rings is 2. The van der Waals surface area contributed by atoms with Crippen LogP contribution in [0.25, 0.3) is 0 Å². The molecule has 0 aliphatic rings. The third-order valence-electron chi connectivity index (χ3n) is 3.49. The molecule has 2 aromatic rings. The summed E-state index contributed by atoms with van der Waals surface area (Å²) >= 11 is 0. The second kappa shape index (κ2) is 7.37. The second-order valence-corrected chi connectivity index (χ2v) is 8.53. The van der Waals surface area contributed by atoms with Crippen molar-refractivity contribution in [3.8, 4) is 0 Å². The minimum absolute atomic E-state index is 0.0684. The van der Waals surface area contributed by atoms with Crippen LogP contribution in [0.5, 0.6) is 0 Å². The van der Waals surface area contributed by atoms with Crippen molar-refractivity contribution in [3.05, 3.63) is 59.7 Å². The smallest absolute Gasteiger partial charge is 0.255 e. The Balaban J connectivity index is 2.28. The molecular weight excluding hydrogens is 336 g/mol. The minimum Gasteiger partial charge on any atom is -0.322 e. The number of aryl methyl sites for hydroxylation is 1. The van der Waals surface area contributed by atoms with E-state index in [2.05, 4.69) is 10.0 Å². The lowest BCUT2D eigenvalue weighted by Gasteiger charge is -2.20. The summed E-state index contributed by atoms with van der Waals surface area (Å²) in [5.41, 5.74) is 1.45. The van der Waals surface area contributed by atoms with E-state index in [0.717, 1.165) is 17.7 Å². The first-order chi connectivity index (χ1) is 11.6. The van der Waals surface area contributed by atoms with Crippen molar-refractivity contribution in [2.45, 2.75) is 44.6 Å². The van der Waals surface area contributed by atoms with Gasteiger partial charge in [0.25, 0.3) is 5.91 Å². The number of carbonyl (C=O) groups is 1. The molecule has 0 aliphatic carbocycles. The number of amides is 1. The lowest BCUT2D eigenvalue weighted by Crippen LogP contribution is -2.40. The van der Waals surface area contributed by atoms with E-state index in [4.69, 9.17) is 0 Å². The first-order valence-electron chi connectivity index (χ1n) is 8.16. The molecule has 5 nitrogen and oxygen atoms in total. The Kier molecular flexibility index (Phi) is 5.65. The van der Waals surface area contributed by atoms with Crippen LogP contribution in [-0.2, 0) is 16.4 Å². The number of rotatable bonds is 5. The highest BCUT2D eigenvalue weighted by Crippen LogP contribution is 2.19. The third-order valence-corrected chi connectivity index (χ3v) is 5.25. The molecule has 0 heterocycles. The Labute approximate surface area is 149 Å². The molecule has 0 radical (unpaired) electrons. The number of anilines is 1. The summed E-state index contributed by atoms with van der Waals surface area (Å²) in [5.74, 6) is -0.339. The first kappa shape index (κ1) is 19.1. The number of carbonyl (C=O) groups excluding carboxylic acids is 1. The van der Waals surface area contributed by atoms with Gasteiger partial charge >= 0.3 is 0 Å². The molecule has 2 N–H and O–H groups in total. The highest BCUT2D eigenvalue weighted by atomic mass is 32.2. The first-order valence-corrected chi connectivity index (χ1v) is 9.64. The fourth-order valence-corrected chi connectivity index (χ4v) is 3.88. The van der Waals surface area contributed by atoms with E-state index in [9.17, 15) is 13.2 Å². The molecule has 0 unspecified atom stereocenters. The van der Waals surface area contributed by atoms with E-state index in [-0.39, 0.29) is 10.8 Å². The van der Waals surface area contributed by atoms with Gasteiger partial charge in [0.2, 0.25) is 10.0 Å². The maximum Gasteiger partial charge on any atom is 0.255 e. The van der Waals surface area contributed by atoms with Crippen molar-refractivity contribution >= 4 is 21.6 Å². The summed E-state index contributed by atoms with van der Waals surface area (Å²) in [4.78, 5) is 12.6. The minimum atomic E-state index is -3.69. The molecule has 2 rings (SSSR count). The molecule has 2 aromatic carbocycles. The molecule has 6 heteroatoms. The van der Waals surface area contributed by atoms with Crippen LogP contribution in [0, 0.1) is 0 Å². The van der Waals surface area contributed by atoms with Crippen LogP contribution in [0.4, 0.5) is 5.69 Å². The van der Waals surface area contributed by atoms with Crippen LogP contribution in [0.15, 0.2) is 53.4 Å². The van der Waals surface area contributed by atoms with E-state index in [1.807, 2.05) is 31.2 Å². The van der Waals surface area contributed by atoms with Gasteiger partial charge in [-0.25, -0.2) is 13.1 Å². The third kappa shape index (κ3) is 5.14. The highest BCUT2D eigenvalue weighted by molar-refractivity contribution is 7.89. The Bertz CT molecular complexity index is 868. The lowest BCUT2D eigenvalue weighted by atomic mass is 10.1. The Morgan fingerprint density at radius 3 is 2.36 bits per heavy atom. The maximum atomic E-state index is 12.5. The number of para-hydroxylation sites is 1. The summed E-state index contributed by atoms with van der Waals surface area (Å²) in [6.07, 6.45) is 0.792. The zero-order chi connectivity index (χ0) is 18.7. The molecule has 0 saturated carbocycles. The van der Waals surface area contributed by atoms with Crippen molar-refractivity contribution in [2.24, 2.45) is 0 Å². The largest absolute Gasteiger partial charge is 0.322 e. The average molecular weight is 360 g/mol. The van der Waals surface area contributed by atoms with Crippen molar-refractivity contribution in [3.63, 3.8) is 0 Å². The SMILES string of the molecule is CCc1ccccc1NC(=O)c1cccc(S(=O)(=O)NC(C)(C)C)c1. The van der Waals surface area contributed by atoms with Crippen LogP contribution < -0.4 is 10.0 Å². The molecular formula is C19H24N2O3S. The van der Waals surface area contributed by atoms with Crippen LogP contribution in [0.1, 0.15) is 43.6 Å². The van der Waals surface area contributed by atoms with Crippen molar-refractivity contribution in [1.29, 1.82) is 0 Å². The zero-order valence-electron chi connectivity index (χ0n) is 15.0. The zero-order valence-corrected chi connectivity index (χ0v) is 15.8. The van der Waals surface area contributed by atoms with Crippen molar-refractivity contribution in [1.82, 2.24) is 4.72 Å². The van der Waals surface area contributed by atoms with Crippen molar-refractivity contribution in [2.75, 3.05) is 5.32 Å². The Morgan fingerprint density at radius 2 is 1.72 bits per heavy atom. The van der Waals surface area contributed by atoms with Crippen molar-refractivity contribution < 1.29 is 13.2 Å². The predicted molar refractivity (Wildman–Crippen MR) is 100 cm³/mol. The fraction of sp³-hybridized carbons (Fsp3) is 0.316. The fourth-order valence-electron chi connectivity index (χ4n) is 2.41. The topological polar surface area (TPSA) is 75.3 Å². The molecule has 0 bridgehead atoms. The standard InChI is InChI=1S/C19H24N2O3S/c1-5-14-9-6-7-12-17(14)20-18(22)15-10-8-11-16(13-15)25(23,24)21-19(2,3)4/h6-13,21H,5H2,1-4H3,(H,20,22). The van der Waals surface area contributed by atoms with Crippen LogP contribution in [-0.4, -0.2) is 19.9 Å². The predicted octanol–water partition coefficient (Wildman–Crippen LogP) is 3.58. The number of hydrogen-bond acceptors (Lipinski definition) is 3. The molecule has 0 saturated heterocycles. The summed E-state index contributed by atoms with van der Waals surface area (Å²) < 4.78 is 27.5. The molecule has 25 heavy (non-hydrogen) atoms. The highest BCUT2D eigenvalue weighted by Gasteiger charge is 2.22. The van der Waals surface area contributed by atoms with E-state index in [0.29, 0.717) is 5.56 Å². The van der Waals surface area contributed by atoms with E-state index in [1.54, 1.807) is 32.9 Å². The van der Waals surface area contributed by atoms with Gasteiger partial charge in [-0.05, 0) is 57.0 Å². The van der Waals surface area contributed by atoms with Gasteiger partial charge in [-0.3, -0.25) is 4.79 Å². The molecule has 0 spiro atoms. The van der Waals surface area contributed by atoms with Gasteiger partial charge in [-0.2, -0.15) is 0 Å². The van der Waals surface area contributed by atoms with Gasteiger partial charge in [0.05, 0.1) is 4.90 Å². The van der Waals surface area contributed by atoms with Gasteiger partial charge in [0, 0.05) is 16.8 Å². The van der Waals surface area contributed by atoms with E-state index in [1.165, 1.54) is 12.1 Å². The lowest BCUT2D eigenvalue weighted by molar-refractivity contribution is 0.102. The second-order valence-electron chi connectivity index (χ2n) is 6.85. The van der Waals surface area contributed by atoms with E-state index < -0.39 is 15.6 Å². The summed E-state index contributed by atoms with van der Waals surface area (Å²) in [7, 11) is -3.69.